The fraction of sp³-hybridized carbons (Fsp3) is 0.462. The first-order valence-electron chi connectivity index (χ1n) is 6.60. The Morgan fingerprint density at radius 3 is 2.52 bits per heavy atom. The maximum Gasteiger partial charge on any atom is 0.305 e. The van der Waals surface area contributed by atoms with Gasteiger partial charge in [-0.3, -0.25) is 9.59 Å². The van der Waals surface area contributed by atoms with Gasteiger partial charge in [0, 0.05) is 36.8 Å². The van der Waals surface area contributed by atoms with Gasteiger partial charge in [-0.2, -0.15) is 0 Å². The average Bonchev–Trinajstić information content (AvgIpc) is 2.47. The van der Waals surface area contributed by atoms with Crippen LogP contribution in [0.5, 0.6) is 0 Å². The van der Waals surface area contributed by atoms with Crippen molar-refractivity contribution < 1.29 is 14.7 Å². The molecule has 1 aliphatic heterocycles. The number of hydrogen-bond acceptors (Lipinski definition) is 5. The summed E-state index contributed by atoms with van der Waals surface area (Å²) in [7, 11) is 0. The lowest BCUT2D eigenvalue weighted by atomic mass is 10.1. The molecule has 0 spiro atoms. The third kappa shape index (κ3) is 4.15. The maximum absolute atomic E-state index is 12.0. The number of rotatable bonds is 4. The number of carbonyl (C=O) groups excluding carboxylic acids is 1. The van der Waals surface area contributed by atoms with Gasteiger partial charge in [-0.25, -0.2) is 4.98 Å². The molecule has 21 heavy (non-hydrogen) atoms. The number of pyridine rings is 1. The quantitative estimate of drug-likeness (QED) is 0.804. The van der Waals surface area contributed by atoms with Crippen molar-refractivity contribution >= 4 is 33.6 Å². The number of piperazine rings is 1. The molecule has 1 atom stereocenters. The van der Waals surface area contributed by atoms with Gasteiger partial charge in [0.15, 0.2) is 0 Å². The molecule has 0 radical (unpaired) electrons. The molecule has 0 aromatic carbocycles. The molecule has 7 nitrogen and oxygen atoms in total. The highest BCUT2D eigenvalue weighted by Crippen LogP contribution is 2.16. The highest BCUT2D eigenvalue weighted by Gasteiger charge is 2.26. The summed E-state index contributed by atoms with van der Waals surface area (Å²) in [5, 5.41) is 8.67. The number of aromatic nitrogens is 1. The van der Waals surface area contributed by atoms with Crippen LogP contribution in [0.4, 0.5) is 5.82 Å². The number of anilines is 1. The highest BCUT2D eigenvalue weighted by molar-refractivity contribution is 9.10. The first-order valence-corrected chi connectivity index (χ1v) is 7.39. The number of hydrogen-bond donors (Lipinski definition) is 2. The molecule has 2 heterocycles. The Bertz CT molecular complexity index is 515. The van der Waals surface area contributed by atoms with Crippen LogP contribution in [0.2, 0.25) is 0 Å². The Morgan fingerprint density at radius 2 is 2.00 bits per heavy atom. The molecule has 1 saturated heterocycles. The summed E-state index contributed by atoms with van der Waals surface area (Å²) in [5.74, 6) is -0.505. The van der Waals surface area contributed by atoms with E-state index in [1.165, 1.54) is 0 Å². The minimum atomic E-state index is -1.06. The Hall–Kier alpha value is -1.67. The summed E-state index contributed by atoms with van der Waals surface area (Å²) in [6.45, 7) is 2.34. The van der Waals surface area contributed by atoms with E-state index < -0.39 is 12.0 Å². The van der Waals surface area contributed by atoms with Crippen molar-refractivity contribution in [3.8, 4) is 0 Å². The van der Waals surface area contributed by atoms with Crippen LogP contribution in [0.1, 0.15) is 6.42 Å². The standard InChI is InChI=1S/C13H17BrN4O3/c14-9-1-2-11(16-8-9)17-3-5-18(6-4-17)13(21)10(15)7-12(19)20/h1-2,8,10H,3-7,15H2,(H,19,20). The monoisotopic (exact) mass is 356 g/mol. The molecule has 1 amide bonds. The molecule has 3 N–H and O–H groups in total. The van der Waals surface area contributed by atoms with Gasteiger partial charge in [-0.1, -0.05) is 0 Å². The lowest BCUT2D eigenvalue weighted by molar-refractivity contribution is -0.142. The molecule has 0 bridgehead atoms. The molecule has 1 unspecified atom stereocenters. The molecule has 1 aliphatic rings. The second-order valence-electron chi connectivity index (χ2n) is 4.85. The number of nitrogens with zero attached hydrogens (tertiary/aromatic N) is 3. The van der Waals surface area contributed by atoms with Crippen LogP contribution in [0, 0.1) is 0 Å². The number of carboxylic acids is 1. The van der Waals surface area contributed by atoms with Gasteiger partial charge in [-0.05, 0) is 28.1 Å². The molecule has 2 rings (SSSR count). The van der Waals surface area contributed by atoms with E-state index in [1.807, 2.05) is 12.1 Å². The van der Waals surface area contributed by atoms with Crippen molar-refractivity contribution in [1.82, 2.24) is 9.88 Å². The Morgan fingerprint density at radius 1 is 1.33 bits per heavy atom. The third-order valence-electron chi connectivity index (χ3n) is 3.34. The minimum Gasteiger partial charge on any atom is -0.481 e. The van der Waals surface area contributed by atoms with E-state index >= 15 is 0 Å². The van der Waals surface area contributed by atoms with Crippen molar-refractivity contribution in [2.75, 3.05) is 31.1 Å². The lowest BCUT2D eigenvalue weighted by Gasteiger charge is -2.36. The van der Waals surface area contributed by atoms with Crippen molar-refractivity contribution in [2.24, 2.45) is 5.73 Å². The summed E-state index contributed by atoms with van der Waals surface area (Å²) < 4.78 is 0.916. The minimum absolute atomic E-state index is 0.305. The van der Waals surface area contributed by atoms with Crippen LogP contribution in [-0.2, 0) is 9.59 Å². The summed E-state index contributed by atoms with van der Waals surface area (Å²) in [6, 6.07) is 2.86. The van der Waals surface area contributed by atoms with E-state index in [9.17, 15) is 9.59 Å². The Balaban J connectivity index is 1.89. The van der Waals surface area contributed by atoms with Crippen LogP contribution < -0.4 is 10.6 Å². The first kappa shape index (κ1) is 15.7. The second-order valence-corrected chi connectivity index (χ2v) is 5.77. The number of nitrogens with two attached hydrogens (primary N) is 1. The summed E-state index contributed by atoms with van der Waals surface area (Å²) in [4.78, 5) is 30.6. The zero-order chi connectivity index (χ0) is 15.4. The SMILES string of the molecule is NC(CC(=O)O)C(=O)N1CCN(c2ccc(Br)cn2)CC1. The van der Waals surface area contributed by atoms with Gasteiger partial charge in [0.1, 0.15) is 5.82 Å². The number of aliphatic carboxylic acids is 1. The molecular weight excluding hydrogens is 340 g/mol. The van der Waals surface area contributed by atoms with Gasteiger partial charge >= 0.3 is 5.97 Å². The van der Waals surface area contributed by atoms with E-state index in [2.05, 4.69) is 25.8 Å². The number of halogens is 1. The molecule has 114 valence electrons. The zero-order valence-electron chi connectivity index (χ0n) is 11.4. The fourth-order valence-corrected chi connectivity index (χ4v) is 2.46. The predicted molar refractivity (Wildman–Crippen MR) is 81.0 cm³/mol. The summed E-state index contributed by atoms with van der Waals surface area (Å²) >= 11 is 3.34. The molecule has 8 heteroatoms. The Kier molecular flexibility index (Phi) is 5.13. The molecule has 1 fully saturated rings. The number of carbonyl (C=O) groups is 2. The largest absolute Gasteiger partial charge is 0.481 e. The van der Waals surface area contributed by atoms with E-state index in [1.54, 1.807) is 11.1 Å². The summed E-state index contributed by atoms with van der Waals surface area (Å²) in [6.07, 6.45) is 1.39. The molecule has 0 saturated carbocycles. The van der Waals surface area contributed by atoms with Crippen LogP contribution >= 0.6 is 15.9 Å². The van der Waals surface area contributed by atoms with Crippen LogP contribution in [0.3, 0.4) is 0 Å². The number of amides is 1. The van der Waals surface area contributed by atoms with Crippen LogP contribution in [0.15, 0.2) is 22.8 Å². The smallest absolute Gasteiger partial charge is 0.305 e. The zero-order valence-corrected chi connectivity index (χ0v) is 13.0. The van der Waals surface area contributed by atoms with Gasteiger partial charge in [0.05, 0.1) is 12.5 Å². The fourth-order valence-electron chi connectivity index (χ4n) is 2.22. The normalized spacial score (nSPS) is 16.7. The molecule has 1 aromatic heterocycles. The average molecular weight is 357 g/mol. The van der Waals surface area contributed by atoms with Crippen LogP contribution in [0.25, 0.3) is 0 Å². The Labute approximate surface area is 130 Å². The van der Waals surface area contributed by atoms with E-state index in [0.29, 0.717) is 26.2 Å². The van der Waals surface area contributed by atoms with Crippen molar-refractivity contribution in [3.05, 3.63) is 22.8 Å². The van der Waals surface area contributed by atoms with Crippen molar-refractivity contribution in [2.45, 2.75) is 12.5 Å². The van der Waals surface area contributed by atoms with Crippen molar-refractivity contribution in [1.29, 1.82) is 0 Å². The first-order chi connectivity index (χ1) is 9.97. The maximum atomic E-state index is 12.0. The van der Waals surface area contributed by atoms with E-state index in [-0.39, 0.29) is 12.3 Å². The molecular formula is C13H17BrN4O3. The van der Waals surface area contributed by atoms with Gasteiger partial charge in [0.2, 0.25) is 5.91 Å². The topological polar surface area (TPSA) is 99.8 Å². The summed E-state index contributed by atoms with van der Waals surface area (Å²) in [5.41, 5.74) is 5.61. The van der Waals surface area contributed by atoms with Crippen molar-refractivity contribution in [3.63, 3.8) is 0 Å². The number of carboxylic acid groups (broad SMARTS) is 1. The third-order valence-corrected chi connectivity index (χ3v) is 3.81. The molecule has 0 aliphatic carbocycles. The van der Waals surface area contributed by atoms with E-state index in [0.717, 1.165) is 10.3 Å². The van der Waals surface area contributed by atoms with Gasteiger partial charge in [-0.15, -0.1) is 0 Å². The second kappa shape index (κ2) is 6.86. The van der Waals surface area contributed by atoms with E-state index in [4.69, 9.17) is 10.8 Å². The molecule has 1 aromatic rings. The van der Waals surface area contributed by atoms with Gasteiger partial charge in [0.25, 0.3) is 0 Å². The van der Waals surface area contributed by atoms with Crippen LogP contribution in [-0.4, -0.2) is 59.1 Å². The lowest BCUT2D eigenvalue weighted by Crippen LogP contribution is -2.53. The predicted octanol–water partition coefficient (Wildman–Crippen LogP) is 0.295. The van der Waals surface area contributed by atoms with Gasteiger partial charge < -0.3 is 20.6 Å². The highest BCUT2D eigenvalue weighted by atomic mass is 79.9.